The third-order valence-electron chi connectivity index (χ3n) is 8.92. The number of carbonyl (C=O) groups is 3. The predicted octanol–water partition coefficient (Wildman–Crippen LogP) is 2.31. The van der Waals surface area contributed by atoms with Crippen LogP contribution in [0.2, 0.25) is 0 Å². The number of fused-ring (bicyclic) bond motifs is 4. The summed E-state index contributed by atoms with van der Waals surface area (Å²) in [5, 5.41) is 27.1. The summed E-state index contributed by atoms with van der Waals surface area (Å²) in [7, 11) is 0. The zero-order valence-corrected chi connectivity index (χ0v) is 21.1. The standard InChI is InChI=1S/C29H28F2N4O4/c30-28(31)11-9-20-23(28)15-35(24(20)26(37)34-17(14-32)13-16-10-12-33-25(16)36)27(38)29(39)21-7-3-1-5-18(21)19-6-2-4-8-22(19)29/h1-8,16-17,20,23-24,39H,9-13,15H2,(H,33,36)(H,34,37)/t16-,17+,20-,23-,24+/m0/s1. The minimum absolute atomic E-state index is 0.0351. The Morgan fingerprint density at radius 2 is 1.77 bits per heavy atom. The van der Waals surface area contributed by atoms with Crippen LogP contribution < -0.4 is 10.6 Å². The van der Waals surface area contributed by atoms with E-state index in [0.29, 0.717) is 35.2 Å². The van der Waals surface area contributed by atoms with Gasteiger partial charge in [0.2, 0.25) is 11.8 Å². The summed E-state index contributed by atoms with van der Waals surface area (Å²) in [5.74, 6) is -7.33. The molecule has 0 unspecified atom stereocenters. The Hall–Kier alpha value is -3.84. The van der Waals surface area contributed by atoms with Gasteiger partial charge < -0.3 is 20.6 Å². The Morgan fingerprint density at radius 1 is 1.13 bits per heavy atom. The SMILES string of the molecule is N#C[C@@H](C[C@@H]1CCNC1=O)NC(=O)[C@H]1[C@H]2CCC(F)(F)[C@H]2CN1C(=O)C1(O)c2ccccc2-c2ccccc21. The maximum Gasteiger partial charge on any atom is 0.264 e. The average molecular weight is 535 g/mol. The molecule has 1 saturated carbocycles. The lowest BCUT2D eigenvalue weighted by atomic mass is 9.88. The lowest BCUT2D eigenvalue weighted by Crippen LogP contribution is -2.55. The minimum atomic E-state index is -3.07. The summed E-state index contributed by atoms with van der Waals surface area (Å²) in [6.45, 7) is 0.102. The number of halogens is 2. The fraction of sp³-hybridized carbons (Fsp3) is 0.448. The number of nitrogens with zero attached hydrogens (tertiary/aromatic N) is 2. The first kappa shape index (κ1) is 25.4. The van der Waals surface area contributed by atoms with E-state index in [1.165, 1.54) is 0 Å². The molecule has 6 rings (SSSR count). The van der Waals surface area contributed by atoms with Crippen LogP contribution in [0.4, 0.5) is 8.78 Å². The van der Waals surface area contributed by atoms with Crippen LogP contribution in [-0.2, 0) is 20.0 Å². The monoisotopic (exact) mass is 534 g/mol. The van der Waals surface area contributed by atoms with Gasteiger partial charge in [0.25, 0.3) is 11.8 Å². The van der Waals surface area contributed by atoms with E-state index in [1.807, 2.05) is 6.07 Å². The second kappa shape index (κ2) is 9.12. The molecule has 3 N–H and O–H groups in total. The molecule has 0 radical (unpaired) electrons. The molecule has 10 heteroatoms. The number of nitrogens with one attached hydrogen (secondary N) is 2. The van der Waals surface area contributed by atoms with Crippen molar-refractivity contribution in [3.63, 3.8) is 0 Å². The molecule has 8 nitrogen and oxygen atoms in total. The number of nitriles is 1. The number of carbonyl (C=O) groups excluding carboxylic acids is 3. The molecule has 2 heterocycles. The summed E-state index contributed by atoms with van der Waals surface area (Å²) in [4.78, 5) is 41.0. The molecular weight excluding hydrogens is 506 g/mol. The van der Waals surface area contributed by atoms with Gasteiger partial charge in [-0.15, -0.1) is 0 Å². The highest BCUT2D eigenvalue weighted by atomic mass is 19.3. The molecule has 0 spiro atoms. The molecule has 2 aliphatic heterocycles. The number of hydrogen-bond acceptors (Lipinski definition) is 5. The Labute approximate surface area is 224 Å². The van der Waals surface area contributed by atoms with Crippen molar-refractivity contribution in [2.24, 2.45) is 17.8 Å². The zero-order chi connectivity index (χ0) is 27.5. The molecule has 0 bridgehead atoms. The number of alkyl halides is 2. The van der Waals surface area contributed by atoms with Crippen molar-refractivity contribution in [3.8, 4) is 17.2 Å². The molecule has 2 aromatic carbocycles. The Bertz CT molecular complexity index is 1360. The number of hydrogen-bond donors (Lipinski definition) is 3. The molecule has 2 aromatic rings. The maximum atomic E-state index is 14.9. The molecule has 39 heavy (non-hydrogen) atoms. The third kappa shape index (κ3) is 3.82. The second-order valence-corrected chi connectivity index (χ2v) is 11.0. The lowest BCUT2D eigenvalue weighted by molar-refractivity contribution is -0.153. The van der Waals surface area contributed by atoms with E-state index >= 15 is 0 Å². The molecule has 202 valence electrons. The Balaban J connectivity index is 1.35. The highest BCUT2D eigenvalue weighted by Gasteiger charge is 2.63. The van der Waals surface area contributed by atoms with E-state index in [4.69, 9.17) is 0 Å². The summed E-state index contributed by atoms with van der Waals surface area (Å²) < 4.78 is 29.9. The number of aliphatic hydroxyl groups is 1. The molecule has 0 aromatic heterocycles. The molecule has 4 aliphatic rings. The van der Waals surface area contributed by atoms with Gasteiger partial charge in [-0.3, -0.25) is 14.4 Å². The fourth-order valence-corrected chi connectivity index (χ4v) is 7.01. The van der Waals surface area contributed by atoms with Crippen LogP contribution in [-0.4, -0.2) is 58.8 Å². The molecule has 2 saturated heterocycles. The van der Waals surface area contributed by atoms with Crippen LogP contribution in [0.1, 0.15) is 36.8 Å². The Kier molecular flexibility index (Phi) is 5.95. The molecule has 3 amide bonds. The molecule has 2 aliphatic carbocycles. The molecule has 5 atom stereocenters. The third-order valence-corrected chi connectivity index (χ3v) is 8.92. The van der Waals surface area contributed by atoms with Gasteiger partial charge in [0, 0.05) is 42.5 Å². The number of rotatable bonds is 5. The van der Waals surface area contributed by atoms with E-state index in [2.05, 4.69) is 10.6 Å². The van der Waals surface area contributed by atoms with E-state index in [9.17, 15) is 33.5 Å². The number of amides is 3. The van der Waals surface area contributed by atoms with Crippen molar-refractivity contribution < 1.29 is 28.3 Å². The van der Waals surface area contributed by atoms with Crippen molar-refractivity contribution >= 4 is 17.7 Å². The predicted molar refractivity (Wildman–Crippen MR) is 135 cm³/mol. The molecular formula is C29H28F2N4O4. The van der Waals surface area contributed by atoms with Crippen molar-refractivity contribution in [1.82, 2.24) is 15.5 Å². The van der Waals surface area contributed by atoms with Gasteiger partial charge in [-0.2, -0.15) is 5.26 Å². The van der Waals surface area contributed by atoms with Gasteiger partial charge in [-0.25, -0.2) is 8.78 Å². The summed E-state index contributed by atoms with van der Waals surface area (Å²) >= 11 is 0. The highest BCUT2D eigenvalue weighted by Crippen LogP contribution is 2.54. The van der Waals surface area contributed by atoms with Gasteiger partial charge in [0.05, 0.1) is 6.07 Å². The number of likely N-dealkylation sites (tertiary alicyclic amines) is 1. The maximum absolute atomic E-state index is 14.9. The van der Waals surface area contributed by atoms with E-state index in [0.717, 1.165) is 4.90 Å². The quantitative estimate of drug-likeness (QED) is 0.544. The minimum Gasteiger partial charge on any atom is -0.372 e. The normalized spacial score (nSPS) is 28.2. The van der Waals surface area contributed by atoms with Crippen molar-refractivity contribution in [2.75, 3.05) is 13.1 Å². The number of benzene rings is 2. The van der Waals surface area contributed by atoms with Gasteiger partial charge in [-0.05, 0) is 36.3 Å². The van der Waals surface area contributed by atoms with Gasteiger partial charge in [0.1, 0.15) is 12.1 Å². The molecule has 3 fully saturated rings. The van der Waals surface area contributed by atoms with Crippen LogP contribution in [0.5, 0.6) is 0 Å². The van der Waals surface area contributed by atoms with Crippen LogP contribution in [0.15, 0.2) is 48.5 Å². The first-order valence-electron chi connectivity index (χ1n) is 13.2. The second-order valence-electron chi connectivity index (χ2n) is 11.0. The van der Waals surface area contributed by atoms with Crippen molar-refractivity contribution in [2.45, 2.75) is 49.3 Å². The van der Waals surface area contributed by atoms with Crippen molar-refractivity contribution in [1.29, 1.82) is 5.26 Å². The van der Waals surface area contributed by atoms with Crippen LogP contribution in [0.25, 0.3) is 11.1 Å². The average Bonchev–Trinajstić information content (AvgIpc) is 3.66. The smallest absolute Gasteiger partial charge is 0.264 e. The summed E-state index contributed by atoms with van der Waals surface area (Å²) in [5.41, 5.74) is -0.165. The van der Waals surface area contributed by atoms with Crippen LogP contribution >= 0.6 is 0 Å². The highest BCUT2D eigenvalue weighted by molar-refractivity contribution is 6.01. The van der Waals surface area contributed by atoms with Gasteiger partial charge >= 0.3 is 0 Å². The Morgan fingerprint density at radius 3 is 2.36 bits per heavy atom. The summed E-state index contributed by atoms with van der Waals surface area (Å²) in [6, 6.07) is 13.5. The first-order valence-corrected chi connectivity index (χ1v) is 13.2. The van der Waals surface area contributed by atoms with Crippen LogP contribution in [0, 0.1) is 29.1 Å². The van der Waals surface area contributed by atoms with Gasteiger partial charge in [0.15, 0.2) is 5.60 Å². The van der Waals surface area contributed by atoms with E-state index < -0.39 is 59.6 Å². The first-order chi connectivity index (χ1) is 18.7. The van der Waals surface area contributed by atoms with Gasteiger partial charge in [-0.1, -0.05) is 48.5 Å². The lowest BCUT2D eigenvalue weighted by Gasteiger charge is -2.34. The van der Waals surface area contributed by atoms with Crippen molar-refractivity contribution in [3.05, 3.63) is 59.7 Å². The largest absolute Gasteiger partial charge is 0.372 e. The van der Waals surface area contributed by atoms with Crippen LogP contribution in [0.3, 0.4) is 0 Å². The fourth-order valence-electron chi connectivity index (χ4n) is 7.01. The topological polar surface area (TPSA) is 123 Å². The zero-order valence-electron chi connectivity index (χ0n) is 21.1. The summed E-state index contributed by atoms with van der Waals surface area (Å²) in [6.07, 6.45) is 0.259. The van der Waals surface area contributed by atoms with E-state index in [-0.39, 0.29) is 25.3 Å². The van der Waals surface area contributed by atoms with E-state index in [1.54, 1.807) is 48.5 Å².